The molecule has 10 heteroatoms. The number of imidazole rings is 1. The lowest BCUT2D eigenvalue weighted by molar-refractivity contribution is -0.113. The molecule has 188 valence electrons. The first-order valence-electron chi connectivity index (χ1n) is 11.6. The van der Waals surface area contributed by atoms with E-state index < -0.39 is 36.4 Å². The van der Waals surface area contributed by atoms with Gasteiger partial charge in [-0.2, -0.15) is 0 Å². The van der Waals surface area contributed by atoms with E-state index in [1.54, 1.807) is 47.0 Å². The molecule has 2 aliphatic rings. The van der Waals surface area contributed by atoms with Crippen molar-refractivity contribution < 1.29 is 23.5 Å². The second-order valence-corrected chi connectivity index (χ2v) is 10.0. The number of carboxylic acid groups (broad SMARTS) is 1. The number of amides is 1. The second-order valence-electron chi connectivity index (χ2n) is 9.57. The van der Waals surface area contributed by atoms with Gasteiger partial charge in [-0.3, -0.25) is 13.9 Å². The van der Waals surface area contributed by atoms with Crippen molar-refractivity contribution in [3.63, 3.8) is 0 Å². The zero-order valence-corrected chi connectivity index (χ0v) is 20.1. The predicted octanol–water partition coefficient (Wildman–Crippen LogP) is 4.77. The molecule has 0 radical (unpaired) electrons. The third-order valence-electron chi connectivity index (χ3n) is 7.10. The molecule has 4 aromatic rings. The monoisotopic (exact) mass is 523 g/mol. The molecule has 0 unspecified atom stereocenters. The normalized spacial score (nSPS) is 17.4. The van der Waals surface area contributed by atoms with Gasteiger partial charge in [0.05, 0.1) is 40.9 Å². The van der Waals surface area contributed by atoms with Crippen LogP contribution >= 0.6 is 11.6 Å². The van der Waals surface area contributed by atoms with Gasteiger partial charge < -0.3 is 10.0 Å². The number of carbonyl (C=O) groups excluding carboxylic acids is 1. The Morgan fingerprint density at radius 2 is 1.59 bits per heavy atom. The van der Waals surface area contributed by atoms with Crippen molar-refractivity contribution in [3.05, 3.63) is 98.9 Å². The topological polar surface area (TPSA) is 84.5 Å². The number of rotatable bonds is 5. The van der Waals surface area contributed by atoms with E-state index in [-0.39, 0.29) is 16.8 Å². The highest BCUT2D eigenvalue weighted by atomic mass is 35.5. The summed E-state index contributed by atoms with van der Waals surface area (Å²) >= 11 is 6.29. The summed E-state index contributed by atoms with van der Waals surface area (Å²) in [4.78, 5) is 39.1. The molecule has 37 heavy (non-hydrogen) atoms. The molecular formula is C27H20ClF2N3O4. The van der Waals surface area contributed by atoms with E-state index in [2.05, 4.69) is 0 Å². The van der Waals surface area contributed by atoms with Gasteiger partial charge in [0.2, 0.25) is 0 Å². The van der Waals surface area contributed by atoms with Crippen molar-refractivity contribution >= 4 is 34.5 Å². The zero-order chi connectivity index (χ0) is 26.1. The Hall–Kier alpha value is -3.98. The van der Waals surface area contributed by atoms with E-state index in [4.69, 9.17) is 11.6 Å². The number of aromatic nitrogens is 2. The van der Waals surface area contributed by atoms with Crippen LogP contribution in [0.5, 0.6) is 0 Å². The fourth-order valence-electron chi connectivity index (χ4n) is 5.13. The highest BCUT2D eigenvalue weighted by Gasteiger charge is 2.49. The molecule has 1 saturated carbocycles. The van der Waals surface area contributed by atoms with Crippen LogP contribution in [0, 0.1) is 0 Å². The summed E-state index contributed by atoms with van der Waals surface area (Å²) in [5, 5.41) is 9.90. The van der Waals surface area contributed by atoms with Gasteiger partial charge in [-0.15, -0.1) is 0 Å². The standard InChI is InChI=1S/C27H20ClF2N3O4/c28-19-6-9-21-22(13-19)32(20-7-4-16(5-8-20)23(34)31-14-27(29,30)15-31)25(37)33(21)26(10-11-26)18-3-1-2-17(12-18)24(35)36/h1-9,12-13H,10-11,14-15H2,(H,35,36). The SMILES string of the molecule is O=C(O)c1cccc(C2(n3c(=O)n(-c4ccc(C(=O)N5CC(F)(F)C5)cc4)c4cc(Cl)ccc43)CC2)c1. The molecule has 7 nitrogen and oxygen atoms in total. The van der Waals surface area contributed by atoms with Gasteiger partial charge >= 0.3 is 11.7 Å². The van der Waals surface area contributed by atoms with Crippen LogP contribution in [0.15, 0.2) is 71.5 Å². The number of halogens is 3. The molecular weight excluding hydrogens is 504 g/mol. The van der Waals surface area contributed by atoms with Gasteiger partial charge in [0.25, 0.3) is 11.8 Å². The summed E-state index contributed by atoms with van der Waals surface area (Å²) in [6.45, 7) is -1.21. The smallest absolute Gasteiger partial charge is 0.335 e. The van der Waals surface area contributed by atoms with Gasteiger partial charge in [-0.1, -0.05) is 23.7 Å². The number of hydrogen-bond acceptors (Lipinski definition) is 3. The van der Waals surface area contributed by atoms with Crippen molar-refractivity contribution in [2.45, 2.75) is 24.3 Å². The molecule has 0 spiro atoms. The van der Waals surface area contributed by atoms with Crippen LogP contribution in [0.4, 0.5) is 8.78 Å². The highest BCUT2D eigenvalue weighted by Crippen LogP contribution is 2.50. The second kappa shape index (κ2) is 8.01. The van der Waals surface area contributed by atoms with Crippen LogP contribution in [-0.2, 0) is 5.54 Å². The molecule has 0 atom stereocenters. The molecule has 2 fully saturated rings. The number of alkyl halides is 2. The van der Waals surface area contributed by atoms with Gasteiger partial charge in [-0.25, -0.2) is 18.4 Å². The Morgan fingerprint density at radius 3 is 2.22 bits per heavy atom. The van der Waals surface area contributed by atoms with E-state index in [1.807, 2.05) is 6.07 Å². The van der Waals surface area contributed by atoms with Crippen molar-refractivity contribution in [1.29, 1.82) is 0 Å². The molecule has 3 aromatic carbocycles. The molecule has 1 aromatic heterocycles. The maximum absolute atomic E-state index is 13.9. The summed E-state index contributed by atoms with van der Waals surface area (Å²) in [5.74, 6) is -4.39. The average molecular weight is 524 g/mol. The number of carbonyl (C=O) groups is 2. The molecule has 1 aliphatic heterocycles. The van der Waals surface area contributed by atoms with Crippen molar-refractivity contribution in [2.24, 2.45) is 0 Å². The quantitative estimate of drug-likeness (QED) is 0.408. The van der Waals surface area contributed by atoms with Crippen LogP contribution < -0.4 is 5.69 Å². The van der Waals surface area contributed by atoms with Gasteiger partial charge in [0.1, 0.15) is 0 Å². The molecule has 1 aliphatic carbocycles. The fourth-order valence-corrected chi connectivity index (χ4v) is 5.29. The lowest BCUT2D eigenvalue weighted by Crippen LogP contribution is -2.58. The number of likely N-dealkylation sites (tertiary alicyclic amines) is 1. The van der Waals surface area contributed by atoms with Crippen molar-refractivity contribution in [3.8, 4) is 5.69 Å². The highest BCUT2D eigenvalue weighted by molar-refractivity contribution is 6.31. The fraction of sp³-hybridized carbons (Fsp3) is 0.222. The minimum absolute atomic E-state index is 0.142. The number of carboxylic acids is 1. The van der Waals surface area contributed by atoms with E-state index >= 15 is 0 Å². The number of fused-ring (bicyclic) bond motifs is 1. The third kappa shape index (κ3) is 3.72. The Bertz CT molecular complexity index is 1650. The van der Waals surface area contributed by atoms with Crippen LogP contribution in [-0.4, -0.2) is 50.0 Å². The minimum Gasteiger partial charge on any atom is -0.478 e. The van der Waals surface area contributed by atoms with E-state index in [1.165, 1.54) is 22.8 Å². The molecule has 2 heterocycles. The number of nitrogens with zero attached hydrogens (tertiary/aromatic N) is 3. The number of hydrogen-bond donors (Lipinski definition) is 1. The lowest BCUT2D eigenvalue weighted by Gasteiger charge is -2.38. The molecule has 0 bridgehead atoms. The summed E-state index contributed by atoms with van der Waals surface area (Å²) in [6, 6.07) is 18.0. The van der Waals surface area contributed by atoms with Gasteiger partial charge in [-0.05, 0) is 73.0 Å². The third-order valence-corrected chi connectivity index (χ3v) is 7.34. The molecule has 6 rings (SSSR count). The summed E-state index contributed by atoms with van der Waals surface area (Å²) in [5.41, 5.74) is 1.76. The first-order chi connectivity index (χ1) is 17.6. The summed E-state index contributed by atoms with van der Waals surface area (Å²) in [6.07, 6.45) is 1.32. The lowest BCUT2D eigenvalue weighted by atomic mass is 10.0. The van der Waals surface area contributed by atoms with Crippen LogP contribution in [0.1, 0.15) is 39.1 Å². The van der Waals surface area contributed by atoms with E-state index in [0.29, 0.717) is 34.6 Å². The molecule has 1 saturated heterocycles. The number of benzene rings is 3. The Labute approximate surface area is 214 Å². The maximum atomic E-state index is 13.9. The summed E-state index contributed by atoms with van der Waals surface area (Å²) < 4.78 is 29.6. The van der Waals surface area contributed by atoms with Crippen LogP contribution in [0.25, 0.3) is 16.7 Å². The van der Waals surface area contributed by atoms with Crippen molar-refractivity contribution in [1.82, 2.24) is 14.0 Å². The van der Waals surface area contributed by atoms with Gasteiger partial charge in [0.15, 0.2) is 0 Å². The Kier molecular flexibility index (Phi) is 5.07. The first kappa shape index (κ1) is 23.4. The average Bonchev–Trinajstić information content (AvgIpc) is 3.60. The molecule has 1 amide bonds. The maximum Gasteiger partial charge on any atom is 0.335 e. The summed E-state index contributed by atoms with van der Waals surface area (Å²) in [7, 11) is 0. The zero-order valence-electron chi connectivity index (χ0n) is 19.3. The van der Waals surface area contributed by atoms with E-state index in [0.717, 1.165) is 10.5 Å². The van der Waals surface area contributed by atoms with Crippen molar-refractivity contribution in [2.75, 3.05) is 13.1 Å². The predicted molar refractivity (Wildman–Crippen MR) is 133 cm³/mol. The van der Waals surface area contributed by atoms with Crippen LogP contribution in [0.3, 0.4) is 0 Å². The first-order valence-corrected chi connectivity index (χ1v) is 12.0. The Balaban J connectivity index is 1.45. The Morgan fingerprint density at radius 1 is 0.892 bits per heavy atom. The van der Waals surface area contributed by atoms with Gasteiger partial charge in [0, 0.05) is 10.6 Å². The number of aromatic carboxylic acids is 1. The van der Waals surface area contributed by atoms with Crippen LogP contribution in [0.2, 0.25) is 5.02 Å². The van der Waals surface area contributed by atoms with E-state index in [9.17, 15) is 28.3 Å². The molecule has 1 N–H and O–H groups in total. The minimum atomic E-state index is -2.85. The largest absolute Gasteiger partial charge is 0.478 e.